The summed E-state index contributed by atoms with van der Waals surface area (Å²) >= 11 is 0. The molecular formula is C18H31IN4. The smallest absolute Gasteiger partial charge is 0.191 e. The molecule has 2 rings (SSSR count). The maximum atomic E-state index is 4.63. The molecule has 4 nitrogen and oxygen atoms in total. The topological polar surface area (TPSA) is 39.7 Å². The minimum atomic E-state index is 0. The van der Waals surface area contributed by atoms with Crippen LogP contribution in [0.5, 0.6) is 0 Å². The Kier molecular flexibility index (Phi) is 9.36. The van der Waals surface area contributed by atoms with E-state index in [0.29, 0.717) is 11.8 Å². The SMILES string of the molecule is CCNC(=NCC(C)C)NCC1CCN(c2ccccc2)C1.I. The molecule has 0 aromatic heterocycles. The molecule has 1 atom stereocenters. The number of aliphatic imine (C=N–C) groups is 1. The van der Waals surface area contributed by atoms with Crippen LogP contribution in [0.3, 0.4) is 0 Å². The molecule has 1 saturated heterocycles. The number of nitrogens with zero attached hydrogens (tertiary/aromatic N) is 2. The van der Waals surface area contributed by atoms with Gasteiger partial charge in [-0.15, -0.1) is 24.0 Å². The van der Waals surface area contributed by atoms with E-state index in [1.165, 1.54) is 12.1 Å². The van der Waals surface area contributed by atoms with Gasteiger partial charge in [-0.05, 0) is 37.3 Å². The van der Waals surface area contributed by atoms with Gasteiger partial charge in [0.05, 0.1) is 0 Å². The molecule has 1 heterocycles. The molecule has 0 spiro atoms. The molecule has 23 heavy (non-hydrogen) atoms. The van der Waals surface area contributed by atoms with Gasteiger partial charge >= 0.3 is 0 Å². The average molecular weight is 430 g/mol. The van der Waals surface area contributed by atoms with E-state index < -0.39 is 0 Å². The van der Waals surface area contributed by atoms with E-state index in [9.17, 15) is 0 Å². The highest BCUT2D eigenvalue weighted by molar-refractivity contribution is 14.0. The Labute approximate surface area is 158 Å². The Hall–Kier alpha value is -0.980. The second-order valence-electron chi connectivity index (χ2n) is 6.43. The highest BCUT2D eigenvalue weighted by Gasteiger charge is 2.22. The number of halogens is 1. The molecule has 1 aromatic rings. The number of anilines is 1. The lowest BCUT2D eigenvalue weighted by Crippen LogP contribution is -2.40. The zero-order chi connectivity index (χ0) is 15.8. The fourth-order valence-electron chi connectivity index (χ4n) is 2.73. The second-order valence-corrected chi connectivity index (χ2v) is 6.43. The van der Waals surface area contributed by atoms with Crippen LogP contribution in [-0.2, 0) is 0 Å². The van der Waals surface area contributed by atoms with E-state index in [1.54, 1.807) is 0 Å². The van der Waals surface area contributed by atoms with Crippen molar-refractivity contribution >= 4 is 35.6 Å². The molecule has 5 heteroatoms. The summed E-state index contributed by atoms with van der Waals surface area (Å²) in [4.78, 5) is 7.11. The fourth-order valence-corrected chi connectivity index (χ4v) is 2.73. The molecule has 0 bridgehead atoms. The molecule has 0 radical (unpaired) electrons. The predicted octanol–water partition coefficient (Wildman–Crippen LogP) is 3.34. The molecule has 0 amide bonds. The summed E-state index contributed by atoms with van der Waals surface area (Å²) in [5, 5.41) is 6.83. The molecule has 130 valence electrons. The average Bonchev–Trinajstić information content (AvgIpc) is 3.00. The van der Waals surface area contributed by atoms with Gasteiger partial charge in [-0.2, -0.15) is 0 Å². The molecule has 0 aliphatic carbocycles. The van der Waals surface area contributed by atoms with Crippen LogP contribution in [0.25, 0.3) is 0 Å². The van der Waals surface area contributed by atoms with E-state index in [4.69, 9.17) is 0 Å². The molecule has 0 saturated carbocycles. The highest BCUT2D eigenvalue weighted by Crippen LogP contribution is 2.22. The van der Waals surface area contributed by atoms with Crippen LogP contribution in [0.15, 0.2) is 35.3 Å². The Balaban J connectivity index is 0.00000264. The normalized spacial score (nSPS) is 18.0. The number of guanidine groups is 1. The Morgan fingerprint density at radius 1 is 1.26 bits per heavy atom. The molecule has 2 N–H and O–H groups in total. The summed E-state index contributed by atoms with van der Waals surface area (Å²) in [6.45, 7) is 11.5. The van der Waals surface area contributed by atoms with Gasteiger partial charge in [0.15, 0.2) is 5.96 Å². The third kappa shape index (κ3) is 6.97. The van der Waals surface area contributed by atoms with Gasteiger partial charge in [-0.25, -0.2) is 0 Å². The van der Waals surface area contributed by atoms with Crippen molar-refractivity contribution in [3.05, 3.63) is 30.3 Å². The van der Waals surface area contributed by atoms with Crippen LogP contribution >= 0.6 is 24.0 Å². The zero-order valence-corrected chi connectivity index (χ0v) is 16.9. The standard InChI is InChI=1S/C18H30N4.HI/c1-4-19-18(20-12-15(2)3)21-13-16-10-11-22(14-16)17-8-6-5-7-9-17;/h5-9,15-16H,4,10-14H2,1-3H3,(H2,19,20,21);1H. The minimum absolute atomic E-state index is 0. The zero-order valence-electron chi connectivity index (χ0n) is 14.6. The largest absolute Gasteiger partial charge is 0.371 e. The first-order chi connectivity index (χ1) is 10.7. The minimum Gasteiger partial charge on any atom is -0.371 e. The van der Waals surface area contributed by atoms with Gasteiger partial charge < -0.3 is 15.5 Å². The summed E-state index contributed by atoms with van der Waals surface area (Å²) in [6, 6.07) is 10.7. The van der Waals surface area contributed by atoms with Crippen LogP contribution in [-0.4, -0.2) is 38.7 Å². The van der Waals surface area contributed by atoms with E-state index >= 15 is 0 Å². The third-order valence-corrected chi connectivity index (χ3v) is 3.92. The molecule has 1 aromatic carbocycles. The highest BCUT2D eigenvalue weighted by atomic mass is 127. The first kappa shape index (κ1) is 20.1. The van der Waals surface area contributed by atoms with Crippen molar-refractivity contribution in [3.63, 3.8) is 0 Å². The molecular weight excluding hydrogens is 399 g/mol. The lowest BCUT2D eigenvalue weighted by molar-refractivity contribution is 0.563. The Bertz CT molecular complexity index is 461. The van der Waals surface area contributed by atoms with Crippen molar-refractivity contribution in [1.29, 1.82) is 0 Å². The first-order valence-electron chi connectivity index (χ1n) is 8.51. The number of nitrogens with one attached hydrogen (secondary N) is 2. The van der Waals surface area contributed by atoms with E-state index in [1.807, 2.05) is 0 Å². The van der Waals surface area contributed by atoms with Crippen molar-refractivity contribution < 1.29 is 0 Å². The number of para-hydroxylation sites is 1. The van der Waals surface area contributed by atoms with Crippen LogP contribution < -0.4 is 15.5 Å². The first-order valence-corrected chi connectivity index (χ1v) is 8.51. The van der Waals surface area contributed by atoms with Crippen molar-refractivity contribution in [2.75, 3.05) is 37.6 Å². The van der Waals surface area contributed by atoms with E-state index in [-0.39, 0.29) is 24.0 Å². The van der Waals surface area contributed by atoms with Crippen LogP contribution in [0.4, 0.5) is 5.69 Å². The maximum Gasteiger partial charge on any atom is 0.191 e. The molecule has 1 unspecified atom stereocenters. The maximum absolute atomic E-state index is 4.63. The lowest BCUT2D eigenvalue weighted by atomic mass is 10.1. The van der Waals surface area contributed by atoms with E-state index in [2.05, 4.69) is 71.6 Å². The molecule has 1 aliphatic rings. The number of hydrogen-bond donors (Lipinski definition) is 2. The van der Waals surface area contributed by atoms with Crippen molar-refractivity contribution in [3.8, 4) is 0 Å². The van der Waals surface area contributed by atoms with Crippen molar-refractivity contribution in [2.24, 2.45) is 16.8 Å². The van der Waals surface area contributed by atoms with Crippen molar-refractivity contribution in [2.45, 2.75) is 27.2 Å². The molecule has 1 aliphatic heterocycles. The number of benzene rings is 1. The number of hydrogen-bond acceptors (Lipinski definition) is 2. The van der Waals surface area contributed by atoms with Gasteiger partial charge in [0.1, 0.15) is 0 Å². The van der Waals surface area contributed by atoms with Gasteiger partial charge in [0.25, 0.3) is 0 Å². The summed E-state index contributed by atoms with van der Waals surface area (Å²) in [5.41, 5.74) is 1.34. The monoisotopic (exact) mass is 430 g/mol. The summed E-state index contributed by atoms with van der Waals surface area (Å²) in [6.07, 6.45) is 1.24. The molecule has 1 fully saturated rings. The third-order valence-electron chi connectivity index (χ3n) is 3.92. The summed E-state index contributed by atoms with van der Waals surface area (Å²) < 4.78 is 0. The van der Waals surface area contributed by atoms with Crippen molar-refractivity contribution in [1.82, 2.24) is 10.6 Å². The lowest BCUT2D eigenvalue weighted by Gasteiger charge is -2.19. The van der Waals surface area contributed by atoms with E-state index in [0.717, 1.165) is 38.7 Å². The second kappa shape index (κ2) is 10.7. The van der Waals surface area contributed by atoms with Gasteiger partial charge in [0.2, 0.25) is 0 Å². The summed E-state index contributed by atoms with van der Waals surface area (Å²) in [7, 11) is 0. The summed E-state index contributed by atoms with van der Waals surface area (Å²) in [5.74, 6) is 2.23. The van der Waals surface area contributed by atoms with Gasteiger partial charge in [-0.3, -0.25) is 4.99 Å². The Morgan fingerprint density at radius 2 is 2.00 bits per heavy atom. The number of rotatable bonds is 6. The fraction of sp³-hybridized carbons (Fsp3) is 0.611. The predicted molar refractivity (Wildman–Crippen MR) is 111 cm³/mol. The van der Waals surface area contributed by atoms with Gasteiger partial charge in [-0.1, -0.05) is 32.0 Å². The van der Waals surface area contributed by atoms with Crippen LogP contribution in [0, 0.1) is 11.8 Å². The quantitative estimate of drug-likeness (QED) is 0.413. The Morgan fingerprint density at radius 3 is 2.65 bits per heavy atom. The van der Waals surface area contributed by atoms with Gasteiger partial charge in [0, 0.05) is 38.4 Å². The van der Waals surface area contributed by atoms with Crippen LogP contribution in [0.1, 0.15) is 27.2 Å². The van der Waals surface area contributed by atoms with Crippen LogP contribution in [0.2, 0.25) is 0 Å².